The summed E-state index contributed by atoms with van der Waals surface area (Å²) in [6.45, 7) is 10.3. The lowest BCUT2D eigenvalue weighted by atomic mass is 9.93. The van der Waals surface area contributed by atoms with Crippen molar-refractivity contribution >= 4 is 87.4 Å². The summed E-state index contributed by atoms with van der Waals surface area (Å²) < 4.78 is 4.12. The summed E-state index contributed by atoms with van der Waals surface area (Å²) in [6, 6.07) is 12.8. The summed E-state index contributed by atoms with van der Waals surface area (Å²) in [6.07, 6.45) is 28.8. The van der Waals surface area contributed by atoms with E-state index in [0.717, 1.165) is 91.3 Å². The minimum Gasteiger partial charge on any atom is -0.306 e. The van der Waals surface area contributed by atoms with Crippen molar-refractivity contribution in [2.75, 3.05) is 13.1 Å². The lowest BCUT2D eigenvalue weighted by molar-refractivity contribution is -0.124. The molecule has 6 heterocycles. The van der Waals surface area contributed by atoms with Crippen LogP contribution in [0.1, 0.15) is 201 Å². The van der Waals surface area contributed by atoms with Crippen LogP contribution in [0.2, 0.25) is 0 Å². The second-order valence-electron chi connectivity index (χ2n) is 17.9. The second-order valence-corrected chi connectivity index (χ2v) is 22.3. The van der Waals surface area contributed by atoms with E-state index in [4.69, 9.17) is 0 Å². The SMILES string of the molecule is CCCCCCCCC(CCCCCC)CN1C(=O)C2=C(c3cc4sc(C#N)cc4s3)N(CC(CCCCCC)CCCCCCCC)C(=O)C2=C1c1cc2sc(C#N)cc2s1. The molecular formula is C52H70N4O2S4. The molecule has 0 fully saturated rings. The van der Waals surface area contributed by atoms with Gasteiger partial charge in [0.05, 0.1) is 32.3 Å². The first kappa shape index (κ1) is 48.2. The van der Waals surface area contributed by atoms with Crippen LogP contribution in [0.4, 0.5) is 0 Å². The molecule has 0 aliphatic carbocycles. The van der Waals surface area contributed by atoms with Gasteiger partial charge in [-0.1, -0.05) is 156 Å². The van der Waals surface area contributed by atoms with Crippen molar-refractivity contribution in [3.05, 3.63) is 54.9 Å². The molecule has 10 heteroatoms. The molecule has 6 rings (SSSR count). The summed E-state index contributed by atoms with van der Waals surface area (Å²) in [5.41, 5.74) is 2.71. The first-order valence-electron chi connectivity index (χ1n) is 24.4. The Hall–Kier alpha value is -3.28. The van der Waals surface area contributed by atoms with Crippen LogP contribution in [0.3, 0.4) is 0 Å². The lowest BCUT2D eigenvalue weighted by Crippen LogP contribution is -2.34. The molecule has 4 aromatic heterocycles. The summed E-state index contributed by atoms with van der Waals surface area (Å²) in [5.74, 6) is 0.613. The van der Waals surface area contributed by atoms with Gasteiger partial charge in [-0.25, -0.2) is 0 Å². The zero-order chi connectivity index (χ0) is 43.8. The fraction of sp³-hybridized carbons (Fsp3) is 0.615. The van der Waals surface area contributed by atoms with Gasteiger partial charge in [0, 0.05) is 31.9 Å². The molecule has 2 unspecified atom stereocenters. The topological polar surface area (TPSA) is 88.2 Å². The standard InChI is InChI=1S/C52H70N4O2S4/c1-5-9-13-17-19-23-27-37(25-21-15-11-7-3)35-55-49(45-31-43-41(61-45)29-39(33-53)59-43)47-48(51(55)57)50(46-32-44-42(62-46)30-40(34-54)60-44)56(52(47)58)36-38(26-22-16-12-8-4)28-24-20-18-14-10-6-2/h29-32,37-38H,5-28,35-36H2,1-4H3. The van der Waals surface area contributed by atoms with Gasteiger partial charge in [-0.05, 0) is 61.8 Å². The highest BCUT2D eigenvalue weighted by atomic mass is 32.1. The number of carbonyl (C=O) groups is 2. The Labute approximate surface area is 388 Å². The van der Waals surface area contributed by atoms with Crippen LogP contribution in [0.5, 0.6) is 0 Å². The van der Waals surface area contributed by atoms with Gasteiger partial charge >= 0.3 is 0 Å². The van der Waals surface area contributed by atoms with Crippen LogP contribution in [-0.4, -0.2) is 34.7 Å². The predicted molar refractivity (Wildman–Crippen MR) is 267 cm³/mol. The van der Waals surface area contributed by atoms with Gasteiger partial charge in [0.25, 0.3) is 11.8 Å². The van der Waals surface area contributed by atoms with E-state index in [1.165, 1.54) is 125 Å². The molecule has 0 aromatic carbocycles. The first-order valence-corrected chi connectivity index (χ1v) is 27.6. The molecule has 0 saturated heterocycles. The van der Waals surface area contributed by atoms with Crippen molar-refractivity contribution in [3.63, 3.8) is 0 Å². The lowest BCUT2D eigenvalue weighted by Gasteiger charge is -2.29. The molecular weight excluding hydrogens is 841 g/mol. The van der Waals surface area contributed by atoms with Crippen LogP contribution in [-0.2, 0) is 9.59 Å². The number of hydrogen-bond acceptors (Lipinski definition) is 8. The van der Waals surface area contributed by atoms with E-state index in [0.29, 0.717) is 45.8 Å². The van der Waals surface area contributed by atoms with E-state index in [1.54, 1.807) is 22.7 Å². The highest BCUT2D eigenvalue weighted by Crippen LogP contribution is 2.51. The number of nitriles is 2. The van der Waals surface area contributed by atoms with Crippen LogP contribution >= 0.6 is 45.3 Å². The monoisotopic (exact) mass is 910 g/mol. The number of fused-ring (bicyclic) bond motifs is 3. The van der Waals surface area contributed by atoms with Crippen molar-refractivity contribution in [1.29, 1.82) is 10.5 Å². The van der Waals surface area contributed by atoms with Gasteiger partial charge in [0.1, 0.15) is 21.9 Å². The molecule has 62 heavy (non-hydrogen) atoms. The Morgan fingerprint density at radius 2 is 0.758 bits per heavy atom. The molecule has 2 aliphatic rings. The van der Waals surface area contributed by atoms with Gasteiger partial charge in [0.2, 0.25) is 0 Å². The van der Waals surface area contributed by atoms with E-state index in [1.807, 2.05) is 21.9 Å². The minimum atomic E-state index is -0.0401. The van der Waals surface area contributed by atoms with E-state index < -0.39 is 0 Å². The maximum absolute atomic E-state index is 15.5. The third kappa shape index (κ3) is 12.1. The number of amides is 2. The zero-order valence-corrected chi connectivity index (χ0v) is 41.4. The highest BCUT2D eigenvalue weighted by molar-refractivity contribution is 7.29. The van der Waals surface area contributed by atoms with Crippen molar-refractivity contribution in [3.8, 4) is 12.1 Å². The average Bonchev–Trinajstić information content (AvgIpc) is 4.12. The van der Waals surface area contributed by atoms with Gasteiger partial charge in [-0.15, -0.1) is 45.3 Å². The van der Waals surface area contributed by atoms with Gasteiger partial charge in [-0.3, -0.25) is 9.59 Å². The summed E-state index contributed by atoms with van der Waals surface area (Å²) in [5, 5.41) is 19.5. The van der Waals surface area contributed by atoms with E-state index >= 15 is 9.59 Å². The third-order valence-corrected chi connectivity index (χ3v) is 17.4. The number of hydrogen-bond donors (Lipinski definition) is 0. The molecule has 334 valence electrons. The molecule has 6 nitrogen and oxygen atoms in total. The third-order valence-electron chi connectivity index (χ3n) is 13.0. The summed E-state index contributed by atoms with van der Waals surface area (Å²) in [7, 11) is 0. The van der Waals surface area contributed by atoms with Gasteiger partial charge < -0.3 is 9.80 Å². The zero-order valence-electron chi connectivity index (χ0n) is 38.1. The number of unbranched alkanes of at least 4 members (excludes halogenated alkanes) is 16. The number of carbonyl (C=O) groups excluding carboxylic acids is 2. The summed E-state index contributed by atoms with van der Waals surface area (Å²) in [4.78, 5) is 38.3. The van der Waals surface area contributed by atoms with Crippen molar-refractivity contribution in [1.82, 2.24) is 9.80 Å². The maximum Gasteiger partial charge on any atom is 0.261 e. The highest BCUT2D eigenvalue weighted by Gasteiger charge is 2.50. The van der Waals surface area contributed by atoms with E-state index in [-0.39, 0.29) is 11.8 Å². The molecule has 0 saturated carbocycles. The Morgan fingerprint density at radius 1 is 0.452 bits per heavy atom. The molecule has 0 spiro atoms. The Balaban J connectivity index is 1.42. The van der Waals surface area contributed by atoms with Crippen molar-refractivity contribution < 1.29 is 9.59 Å². The molecule has 2 atom stereocenters. The van der Waals surface area contributed by atoms with E-state index in [2.05, 4.69) is 52.0 Å². The van der Waals surface area contributed by atoms with Crippen LogP contribution in [0.25, 0.3) is 30.2 Å². The van der Waals surface area contributed by atoms with Crippen LogP contribution in [0.15, 0.2) is 35.4 Å². The summed E-state index contributed by atoms with van der Waals surface area (Å²) >= 11 is 6.20. The molecule has 2 amide bonds. The largest absolute Gasteiger partial charge is 0.306 e. The molecule has 4 aromatic rings. The van der Waals surface area contributed by atoms with Gasteiger partial charge in [-0.2, -0.15) is 10.5 Å². The maximum atomic E-state index is 15.5. The smallest absolute Gasteiger partial charge is 0.261 e. The Kier molecular flexibility index (Phi) is 19.2. The first-order chi connectivity index (χ1) is 30.3. The van der Waals surface area contributed by atoms with Gasteiger partial charge in [0.15, 0.2) is 0 Å². The molecule has 0 radical (unpaired) electrons. The minimum absolute atomic E-state index is 0.0401. The fourth-order valence-electron chi connectivity index (χ4n) is 9.59. The molecule has 0 bridgehead atoms. The van der Waals surface area contributed by atoms with Crippen LogP contribution in [0, 0.1) is 34.5 Å². The van der Waals surface area contributed by atoms with Crippen molar-refractivity contribution in [2.45, 2.75) is 182 Å². The molecule has 2 aliphatic heterocycles. The van der Waals surface area contributed by atoms with E-state index in [9.17, 15) is 10.5 Å². The van der Waals surface area contributed by atoms with Crippen molar-refractivity contribution in [2.24, 2.45) is 11.8 Å². The Morgan fingerprint density at radius 3 is 1.08 bits per heavy atom. The quantitative estimate of drug-likeness (QED) is 0.0488. The average molecular weight is 911 g/mol. The number of rotatable bonds is 30. The normalized spacial score (nSPS) is 15.2. The Bertz CT molecular complexity index is 2020. The fourth-order valence-corrected chi connectivity index (χ4v) is 14.1. The molecule has 0 N–H and O–H groups in total. The predicted octanol–water partition coefficient (Wildman–Crippen LogP) is 16.5. The van der Waals surface area contributed by atoms with Crippen LogP contribution < -0.4 is 0 Å². The number of nitrogens with zero attached hydrogens (tertiary/aromatic N) is 4. The number of thiophene rings is 4. The second kappa shape index (κ2) is 24.7.